The number of benzene rings is 13. The van der Waals surface area contributed by atoms with E-state index in [1.165, 1.54) is 52.3 Å². The van der Waals surface area contributed by atoms with E-state index in [2.05, 4.69) is 368 Å². The molecule has 0 aliphatic heterocycles. The quantitative estimate of drug-likeness (QED) is 0.0902. The minimum Gasteiger partial charge on any atom is -0.309 e. The average Bonchev–Trinajstić information content (AvgIpc) is 1.69. The first kappa shape index (κ1) is 54.4. The van der Waals surface area contributed by atoms with Crippen molar-refractivity contribution in [2.75, 3.05) is 0 Å². The molecule has 0 N–H and O–H groups in total. The maximum Gasteiger partial charge on any atom is 0.221 e. The summed E-state index contributed by atoms with van der Waals surface area (Å²) in [5, 5.41) is 12.7. The van der Waals surface area contributed by atoms with E-state index in [0.29, 0.717) is 17.5 Å². The Bertz CT molecular complexity index is 5620. The second kappa shape index (κ2) is 21.7. The summed E-state index contributed by atoms with van der Waals surface area (Å²) < 4.78 is 11.5. The maximum atomic E-state index is 5.80. The molecule has 0 aliphatic rings. The fraction of sp³-hybridized carbons (Fsp3) is 0. The molecule has 0 amide bonds. The van der Waals surface area contributed by atoms with Crippen LogP contribution in [0.3, 0.4) is 0 Å². The molecule has 0 saturated carbocycles. The van der Waals surface area contributed by atoms with Crippen molar-refractivity contribution in [1.82, 2.24) is 42.4 Å². The number of fused-ring (bicyclic) bond motifs is 13. The number of rotatable bonds is 12. The van der Waals surface area contributed by atoms with Crippen LogP contribution in [0.2, 0.25) is 0 Å². The maximum absolute atomic E-state index is 5.80. The normalized spacial score (nSPS) is 12.2. The highest BCUT2D eigenvalue weighted by Gasteiger charge is 2.43. The SMILES string of the molecule is c1ccc([Si](c2ccccc2)(c2ccccc2)c2ccc3c(c2)n2c4ccccc4nc2n3-c2cc(-n3c4ccc([Si](c5ccccc5)(c5ccccc5)c5ccccc5)cc4n4c5ccccc5nc34)nc(-c3cccc(-n4c5ccccc5c5ccccc54)c3)n2)cc1. The van der Waals surface area contributed by atoms with Crippen LogP contribution >= 0.6 is 0 Å². The third-order valence-electron chi connectivity index (χ3n) is 19.6. The molecule has 0 bridgehead atoms. The molecule has 11 heteroatoms. The van der Waals surface area contributed by atoms with Crippen molar-refractivity contribution >= 4 is 135 Å². The molecule has 6 aromatic heterocycles. The molecule has 0 unspecified atom stereocenters. The standard InChI is InChI=1S/C84H57N9Si2/c1-7-30-60(31-8-1)94(61-32-9-2-10-33-61,62-34-11-3-12-35-62)66-50-52-76-78(55-66)90-74-48-25-21-44-70(74)85-83(90)92(76)80-57-81(88-82(87-80)58-28-27-29-59(54-58)89-72-46-23-19-42-68(72)69-43-20-24-47-73(69)89)93-77-53-51-67(56-79(77)91-75-49-26-22-45-71(75)86-84(91)93)95(63-36-13-4-14-37-63,64-38-15-5-16-39-64)65-40-17-6-18-41-65/h1-57H. The van der Waals surface area contributed by atoms with Crippen molar-refractivity contribution in [2.24, 2.45) is 0 Å². The van der Waals surface area contributed by atoms with Crippen molar-refractivity contribution in [2.45, 2.75) is 0 Å². The molecule has 0 radical (unpaired) electrons. The number of para-hydroxylation sites is 6. The molecule has 0 fully saturated rings. The number of aromatic nitrogens is 9. The highest BCUT2D eigenvalue weighted by Crippen LogP contribution is 2.37. The Morgan fingerprint density at radius 1 is 0.221 bits per heavy atom. The Morgan fingerprint density at radius 3 is 0.958 bits per heavy atom. The summed E-state index contributed by atoms with van der Waals surface area (Å²) in [6.45, 7) is 0. The Hall–Kier alpha value is -12.3. The van der Waals surface area contributed by atoms with Gasteiger partial charge in [0, 0.05) is 28.1 Å². The van der Waals surface area contributed by atoms with E-state index in [1.807, 2.05) is 0 Å². The second-order valence-electron chi connectivity index (χ2n) is 24.6. The molecule has 446 valence electrons. The van der Waals surface area contributed by atoms with Crippen molar-refractivity contribution in [1.29, 1.82) is 0 Å². The van der Waals surface area contributed by atoms with Gasteiger partial charge in [-0.25, -0.2) is 19.9 Å². The van der Waals surface area contributed by atoms with E-state index in [9.17, 15) is 0 Å². The Morgan fingerprint density at radius 2 is 0.568 bits per heavy atom. The minimum atomic E-state index is -3.00. The lowest BCUT2D eigenvalue weighted by Gasteiger charge is -2.34. The third kappa shape index (κ3) is 8.19. The molecule has 0 aliphatic carbocycles. The Labute approximate surface area is 548 Å². The monoisotopic (exact) mass is 1250 g/mol. The Balaban J connectivity index is 0.910. The predicted molar refractivity (Wildman–Crippen MR) is 395 cm³/mol. The van der Waals surface area contributed by atoms with Crippen LogP contribution in [0.15, 0.2) is 346 Å². The highest BCUT2D eigenvalue weighted by molar-refractivity contribution is 7.20. The van der Waals surface area contributed by atoms with E-state index < -0.39 is 16.1 Å². The number of imidazole rings is 4. The lowest BCUT2D eigenvalue weighted by Crippen LogP contribution is -2.74. The second-order valence-corrected chi connectivity index (χ2v) is 32.2. The summed E-state index contributed by atoms with van der Waals surface area (Å²) in [4.78, 5) is 22.8. The van der Waals surface area contributed by atoms with E-state index in [0.717, 1.165) is 78.0 Å². The van der Waals surface area contributed by atoms with Gasteiger partial charge in [0.1, 0.15) is 11.6 Å². The van der Waals surface area contributed by atoms with Gasteiger partial charge < -0.3 is 4.57 Å². The van der Waals surface area contributed by atoms with Crippen LogP contribution in [0.4, 0.5) is 0 Å². The molecule has 95 heavy (non-hydrogen) atoms. The van der Waals surface area contributed by atoms with Crippen LogP contribution in [0, 0.1) is 0 Å². The van der Waals surface area contributed by atoms with Gasteiger partial charge in [-0.3, -0.25) is 17.9 Å². The number of nitrogens with zero attached hydrogens (tertiary/aromatic N) is 9. The largest absolute Gasteiger partial charge is 0.309 e. The topological polar surface area (TPSA) is 75.2 Å². The van der Waals surface area contributed by atoms with Gasteiger partial charge in [-0.05, 0) is 114 Å². The van der Waals surface area contributed by atoms with Crippen LogP contribution in [-0.4, -0.2) is 58.6 Å². The fourth-order valence-electron chi connectivity index (χ4n) is 15.6. The lowest BCUT2D eigenvalue weighted by atomic mass is 10.1. The number of hydrogen-bond acceptors (Lipinski definition) is 4. The van der Waals surface area contributed by atoms with E-state index >= 15 is 0 Å². The minimum absolute atomic E-state index is 0.549. The van der Waals surface area contributed by atoms with Gasteiger partial charge in [0.05, 0.1) is 55.2 Å². The molecule has 19 rings (SSSR count). The zero-order valence-electron chi connectivity index (χ0n) is 51.4. The van der Waals surface area contributed by atoms with Gasteiger partial charge in [-0.2, -0.15) is 0 Å². The fourth-order valence-corrected chi connectivity index (χ4v) is 25.1. The predicted octanol–water partition coefficient (Wildman–Crippen LogP) is 13.5. The van der Waals surface area contributed by atoms with E-state index in [-0.39, 0.29) is 0 Å². The van der Waals surface area contributed by atoms with Gasteiger partial charge in [0.2, 0.25) is 11.6 Å². The van der Waals surface area contributed by atoms with Gasteiger partial charge >= 0.3 is 0 Å². The van der Waals surface area contributed by atoms with Crippen LogP contribution in [0.25, 0.3) is 106 Å². The summed E-state index contributed by atoms with van der Waals surface area (Å²) in [5.74, 6) is 3.34. The molecule has 13 aromatic carbocycles. The van der Waals surface area contributed by atoms with Crippen LogP contribution < -0.4 is 41.5 Å². The van der Waals surface area contributed by atoms with E-state index in [1.54, 1.807) is 0 Å². The van der Waals surface area contributed by atoms with Crippen molar-refractivity contribution in [3.05, 3.63) is 346 Å². The number of hydrogen-bond donors (Lipinski definition) is 0. The summed E-state index contributed by atoms with van der Waals surface area (Å²) in [7, 11) is -6.01. The van der Waals surface area contributed by atoms with Crippen molar-refractivity contribution < 1.29 is 0 Å². The molecular weight excluding hydrogens is 1190 g/mol. The third-order valence-corrected chi connectivity index (χ3v) is 29.2. The first-order chi connectivity index (χ1) is 47.1. The molecule has 9 nitrogen and oxygen atoms in total. The lowest BCUT2D eigenvalue weighted by molar-refractivity contribution is 0.969. The molecule has 0 spiro atoms. The van der Waals surface area contributed by atoms with Gasteiger partial charge in [0.25, 0.3) is 0 Å². The zero-order valence-corrected chi connectivity index (χ0v) is 53.4. The molecule has 0 saturated heterocycles. The Kier molecular flexibility index (Phi) is 12.4. The molecule has 6 heterocycles. The summed E-state index contributed by atoms with van der Waals surface area (Å²) >= 11 is 0. The van der Waals surface area contributed by atoms with Crippen LogP contribution in [-0.2, 0) is 0 Å². The van der Waals surface area contributed by atoms with Crippen molar-refractivity contribution in [3.8, 4) is 28.7 Å². The average molecular weight is 1250 g/mol. The van der Waals surface area contributed by atoms with Gasteiger partial charge in [0.15, 0.2) is 22.0 Å². The molecule has 19 aromatic rings. The highest BCUT2D eigenvalue weighted by atomic mass is 28.3. The molecular formula is C84H57N9Si2. The van der Waals surface area contributed by atoms with Crippen molar-refractivity contribution in [3.63, 3.8) is 0 Å². The first-order valence-electron chi connectivity index (χ1n) is 32.3. The summed E-state index contributed by atoms with van der Waals surface area (Å²) in [6.07, 6.45) is 0. The van der Waals surface area contributed by atoms with Crippen LogP contribution in [0.1, 0.15) is 0 Å². The van der Waals surface area contributed by atoms with E-state index in [4.69, 9.17) is 19.9 Å². The summed E-state index contributed by atoms with van der Waals surface area (Å²) in [5.41, 5.74) is 11.8. The van der Waals surface area contributed by atoms with Crippen LogP contribution in [0.5, 0.6) is 0 Å². The van der Waals surface area contributed by atoms with Gasteiger partial charge in [-0.1, -0.05) is 267 Å². The smallest absolute Gasteiger partial charge is 0.221 e. The first-order valence-corrected chi connectivity index (χ1v) is 36.3. The zero-order chi connectivity index (χ0) is 62.6. The van der Waals surface area contributed by atoms with Gasteiger partial charge in [-0.15, -0.1) is 0 Å². The summed E-state index contributed by atoms with van der Waals surface area (Å²) in [6, 6.07) is 126. The molecule has 0 atom stereocenters.